The first-order valence-corrected chi connectivity index (χ1v) is 7.00. The van der Waals surface area contributed by atoms with Crippen molar-refractivity contribution in [3.05, 3.63) is 21.9 Å². The van der Waals surface area contributed by atoms with Crippen LogP contribution in [0.25, 0.3) is 0 Å². The predicted octanol–water partition coefficient (Wildman–Crippen LogP) is 4.75. The summed E-state index contributed by atoms with van der Waals surface area (Å²) in [5.41, 5.74) is 0.234. The van der Waals surface area contributed by atoms with Crippen LogP contribution < -0.4 is 0 Å². The van der Waals surface area contributed by atoms with Gasteiger partial charge in [-0.2, -0.15) is 0 Å². The van der Waals surface area contributed by atoms with Crippen LogP contribution in [0.5, 0.6) is 0 Å². The van der Waals surface area contributed by atoms with Crippen LogP contribution in [-0.4, -0.2) is 5.88 Å². The average molecular weight is 245 g/mol. The largest absolute Gasteiger partial charge is 0.145 e. The van der Waals surface area contributed by atoms with Gasteiger partial charge >= 0.3 is 0 Å². The van der Waals surface area contributed by atoms with E-state index in [0.29, 0.717) is 5.92 Å². The highest BCUT2D eigenvalue weighted by atomic mass is 35.5. The van der Waals surface area contributed by atoms with Gasteiger partial charge in [0.05, 0.1) is 0 Å². The van der Waals surface area contributed by atoms with Crippen molar-refractivity contribution >= 4 is 22.9 Å². The Bertz CT molecular complexity index is 303. The number of rotatable bonds is 5. The van der Waals surface area contributed by atoms with Gasteiger partial charge in [0, 0.05) is 15.6 Å². The van der Waals surface area contributed by atoms with Gasteiger partial charge in [-0.25, -0.2) is 0 Å². The van der Waals surface area contributed by atoms with Crippen LogP contribution in [0, 0.1) is 11.3 Å². The molecule has 2 heteroatoms. The van der Waals surface area contributed by atoms with Gasteiger partial charge in [0.15, 0.2) is 0 Å². The molecule has 0 aromatic carbocycles. The van der Waals surface area contributed by atoms with Crippen molar-refractivity contribution in [3.8, 4) is 0 Å². The van der Waals surface area contributed by atoms with Crippen LogP contribution in [0.15, 0.2) is 12.1 Å². The summed E-state index contributed by atoms with van der Waals surface area (Å²) in [6.45, 7) is 9.02. The normalized spacial score (nSPS) is 15.6. The fourth-order valence-electron chi connectivity index (χ4n) is 1.51. The van der Waals surface area contributed by atoms with Gasteiger partial charge in [-0.15, -0.1) is 22.9 Å². The molecule has 0 N–H and O–H groups in total. The summed E-state index contributed by atoms with van der Waals surface area (Å²) in [6, 6.07) is 4.51. The molecule has 0 bridgehead atoms. The number of hydrogen-bond acceptors (Lipinski definition) is 1. The molecule has 0 fully saturated rings. The molecule has 0 spiro atoms. The van der Waals surface area contributed by atoms with E-state index in [-0.39, 0.29) is 5.41 Å². The van der Waals surface area contributed by atoms with Crippen LogP contribution >= 0.6 is 22.9 Å². The predicted molar refractivity (Wildman–Crippen MR) is 71.1 cm³/mol. The van der Waals surface area contributed by atoms with E-state index < -0.39 is 0 Å². The SMILES string of the molecule is CCc1ccc(CC(C)(CCl)C(C)C)s1. The molecule has 0 aliphatic rings. The van der Waals surface area contributed by atoms with Crippen molar-refractivity contribution in [2.24, 2.45) is 11.3 Å². The van der Waals surface area contributed by atoms with E-state index in [0.717, 1.165) is 18.7 Å². The molecule has 0 saturated carbocycles. The zero-order chi connectivity index (χ0) is 11.5. The van der Waals surface area contributed by atoms with Crippen LogP contribution in [-0.2, 0) is 12.8 Å². The Kier molecular flexibility index (Phi) is 4.66. The monoisotopic (exact) mass is 244 g/mol. The molecule has 0 amide bonds. The minimum atomic E-state index is 0.234. The summed E-state index contributed by atoms with van der Waals surface area (Å²) in [5.74, 6) is 1.37. The van der Waals surface area contributed by atoms with E-state index in [4.69, 9.17) is 11.6 Å². The Labute approximate surface area is 103 Å². The van der Waals surface area contributed by atoms with E-state index in [1.807, 2.05) is 11.3 Å². The molecule has 15 heavy (non-hydrogen) atoms. The molecular formula is C13H21ClS. The summed E-state index contributed by atoms with van der Waals surface area (Å²) in [6.07, 6.45) is 2.25. The first-order valence-electron chi connectivity index (χ1n) is 5.65. The molecule has 0 radical (unpaired) electrons. The fourth-order valence-corrected chi connectivity index (χ4v) is 3.07. The summed E-state index contributed by atoms with van der Waals surface area (Å²) < 4.78 is 0. The Hall–Kier alpha value is -0.0100. The van der Waals surface area contributed by atoms with E-state index >= 15 is 0 Å². The standard InChI is InChI=1S/C13H21ClS/c1-5-11-6-7-12(15-11)8-13(4,9-14)10(2)3/h6-7,10H,5,8-9H2,1-4H3. The lowest BCUT2D eigenvalue weighted by atomic mass is 9.78. The van der Waals surface area contributed by atoms with E-state index in [1.165, 1.54) is 9.75 Å². The summed E-state index contributed by atoms with van der Waals surface area (Å²) in [4.78, 5) is 2.95. The zero-order valence-electron chi connectivity index (χ0n) is 10.1. The second-order valence-electron chi connectivity index (χ2n) is 4.84. The molecule has 0 aliphatic carbocycles. The van der Waals surface area contributed by atoms with Crippen molar-refractivity contribution in [2.45, 2.75) is 40.5 Å². The summed E-state index contributed by atoms with van der Waals surface area (Å²) in [5, 5.41) is 0. The van der Waals surface area contributed by atoms with Gasteiger partial charge in [0.25, 0.3) is 0 Å². The number of aryl methyl sites for hydroxylation is 1. The second kappa shape index (κ2) is 5.36. The number of halogens is 1. The number of thiophene rings is 1. The maximum absolute atomic E-state index is 6.10. The summed E-state index contributed by atoms with van der Waals surface area (Å²) in [7, 11) is 0. The molecule has 1 rings (SSSR count). The molecular weight excluding hydrogens is 224 g/mol. The van der Waals surface area contributed by atoms with Gasteiger partial charge in [0.1, 0.15) is 0 Å². The minimum Gasteiger partial charge on any atom is -0.145 e. The maximum atomic E-state index is 6.10. The highest BCUT2D eigenvalue weighted by Gasteiger charge is 2.28. The molecule has 86 valence electrons. The van der Waals surface area contributed by atoms with Gasteiger partial charge in [-0.05, 0) is 36.3 Å². The van der Waals surface area contributed by atoms with Crippen LogP contribution in [0.3, 0.4) is 0 Å². The van der Waals surface area contributed by atoms with Gasteiger partial charge in [-0.3, -0.25) is 0 Å². The third-order valence-corrected chi connectivity index (χ3v) is 5.18. The highest BCUT2D eigenvalue weighted by molar-refractivity contribution is 7.11. The lowest BCUT2D eigenvalue weighted by Crippen LogP contribution is -2.27. The van der Waals surface area contributed by atoms with Gasteiger partial charge in [-0.1, -0.05) is 27.7 Å². The molecule has 0 aliphatic heterocycles. The van der Waals surface area contributed by atoms with Crippen LogP contribution in [0.1, 0.15) is 37.4 Å². The number of alkyl halides is 1. The van der Waals surface area contributed by atoms with Crippen molar-refractivity contribution in [1.82, 2.24) is 0 Å². The third-order valence-electron chi connectivity index (χ3n) is 3.34. The quantitative estimate of drug-likeness (QED) is 0.656. The van der Waals surface area contributed by atoms with Crippen molar-refractivity contribution < 1.29 is 0 Å². The summed E-state index contributed by atoms with van der Waals surface area (Å²) >= 11 is 8.03. The van der Waals surface area contributed by atoms with Gasteiger partial charge < -0.3 is 0 Å². The van der Waals surface area contributed by atoms with E-state index in [9.17, 15) is 0 Å². The second-order valence-corrected chi connectivity index (χ2v) is 6.36. The molecule has 1 heterocycles. The molecule has 1 aromatic heterocycles. The highest BCUT2D eigenvalue weighted by Crippen LogP contribution is 2.34. The Balaban J connectivity index is 2.74. The first kappa shape index (κ1) is 13.1. The topological polar surface area (TPSA) is 0 Å². The van der Waals surface area contributed by atoms with Crippen molar-refractivity contribution in [2.75, 3.05) is 5.88 Å². The van der Waals surface area contributed by atoms with E-state index in [1.54, 1.807) is 0 Å². The zero-order valence-corrected chi connectivity index (χ0v) is 11.7. The van der Waals surface area contributed by atoms with Crippen molar-refractivity contribution in [1.29, 1.82) is 0 Å². The molecule has 1 unspecified atom stereocenters. The smallest absolute Gasteiger partial charge is 0.0283 e. The molecule has 1 atom stereocenters. The Morgan fingerprint density at radius 2 is 1.93 bits per heavy atom. The minimum absolute atomic E-state index is 0.234. The average Bonchev–Trinajstić information content (AvgIpc) is 2.65. The first-order chi connectivity index (χ1) is 7.01. The molecule has 0 nitrogen and oxygen atoms in total. The molecule has 0 saturated heterocycles. The lowest BCUT2D eigenvalue weighted by Gasteiger charge is -2.31. The van der Waals surface area contributed by atoms with Crippen LogP contribution in [0.2, 0.25) is 0 Å². The molecule has 1 aromatic rings. The van der Waals surface area contributed by atoms with Crippen LogP contribution in [0.4, 0.5) is 0 Å². The third kappa shape index (κ3) is 3.22. The Morgan fingerprint density at radius 3 is 2.33 bits per heavy atom. The Morgan fingerprint density at radius 1 is 1.33 bits per heavy atom. The van der Waals surface area contributed by atoms with E-state index in [2.05, 4.69) is 39.8 Å². The fraction of sp³-hybridized carbons (Fsp3) is 0.692. The number of hydrogen-bond donors (Lipinski definition) is 0. The lowest BCUT2D eigenvalue weighted by molar-refractivity contribution is 0.255. The van der Waals surface area contributed by atoms with Crippen molar-refractivity contribution in [3.63, 3.8) is 0 Å². The maximum Gasteiger partial charge on any atom is 0.0283 e. The van der Waals surface area contributed by atoms with Gasteiger partial charge in [0.2, 0.25) is 0 Å².